The average molecular weight is 291 g/mol. The van der Waals surface area contributed by atoms with Gasteiger partial charge in [-0.15, -0.1) is 0 Å². The van der Waals surface area contributed by atoms with Gasteiger partial charge in [0.25, 0.3) is 0 Å². The molecule has 0 atom stereocenters. The zero-order valence-corrected chi connectivity index (χ0v) is 13.8. The summed E-state index contributed by atoms with van der Waals surface area (Å²) in [7, 11) is 4.07. The van der Waals surface area contributed by atoms with Crippen LogP contribution in [0.4, 0.5) is 5.69 Å². The van der Waals surface area contributed by atoms with Gasteiger partial charge in [-0.05, 0) is 44.1 Å². The number of likely N-dealkylation sites (N-methyl/N-ethyl adjacent to an activating group) is 1. The Hall–Kier alpha value is -1.55. The number of aryl methyl sites for hydroxylation is 1. The first kappa shape index (κ1) is 17.5. The maximum Gasteiger partial charge on any atom is 0.222 e. The summed E-state index contributed by atoms with van der Waals surface area (Å²) in [4.78, 5) is 16.5. The van der Waals surface area contributed by atoms with Gasteiger partial charge >= 0.3 is 0 Å². The number of anilines is 1. The average Bonchev–Trinajstić information content (AvgIpc) is 2.40. The highest BCUT2D eigenvalue weighted by Gasteiger charge is 2.15. The van der Waals surface area contributed by atoms with Crippen LogP contribution >= 0.6 is 0 Å². The topological polar surface area (TPSA) is 49.6 Å². The third-order valence-electron chi connectivity index (χ3n) is 3.33. The van der Waals surface area contributed by atoms with Crippen LogP contribution < -0.4 is 5.73 Å². The second kappa shape index (κ2) is 8.67. The molecule has 0 aromatic heterocycles. The van der Waals surface area contributed by atoms with E-state index in [1.165, 1.54) is 0 Å². The molecule has 0 saturated heterocycles. The van der Waals surface area contributed by atoms with E-state index in [1.54, 1.807) is 0 Å². The minimum Gasteiger partial charge on any atom is -0.399 e. The zero-order chi connectivity index (χ0) is 15.8. The number of nitrogens with two attached hydrogens (primary N) is 1. The summed E-state index contributed by atoms with van der Waals surface area (Å²) in [5.74, 6) is 0.719. The molecule has 4 nitrogen and oxygen atoms in total. The molecule has 0 radical (unpaired) electrons. The fourth-order valence-corrected chi connectivity index (χ4v) is 2.24. The maximum atomic E-state index is 12.4. The standard InChI is InChI=1S/C17H29N3O/c1-14(2)13-20(11-10-19(3)4)17(21)9-8-15-6-5-7-16(18)12-15/h5-7,12,14H,8-11,13,18H2,1-4H3. The quantitative estimate of drug-likeness (QED) is 0.747. The molecule has 0 saturated carbocycles. The van der Waals surface area contributed by atoms with E-state index in [2.05, 4.69) is 18.7 Å². The predicted molar refractivity (Wildman–Crippen MR) is 89.1 cm³/mol. The molecule has 2 N–H and O–H groups in total. The predicted octanol–water partition coefficient (Wildman–Crippen LogP) is 2.25. The fourth-order valence-electron chi connectivity index (χ4n) is 2.24. The molecule has 0 heterocycles. The first-order valence-electron chi connectivity index (χ1n) is 7.65. The first-order valence-corrected chi connectivity index (χ1v) is 7.65. The normalized spacial score (nSPS) is 11.1. The lowest BCUT2D eigenvalue weighted by molar-refractivity contribution is -0.131. The van der Waals surface area contributed by atoms with Crippen LogP contribution in [0.3, 0.4) is 0 Å². The Labute approximate surface area is 128 Å². The number of nitrogen functional groups attached to an aromatic ring is 1. The number of hydrogen-bond donors (Lipinski definition) is 1. The molecule has 0 aliphatic carbocycles. The molecule has 0 fully saturated rings. The summed E-state index contributed by atoms with van der Waals surface area (Å²) in [5.41, 5.74) is 7.65. The molecule has 21 heavy (non-hydrogen) atoms. The molecule has 1 amide bonds. The van der Waals surface area contributed by atoms with Gasteiger partial charge in [0, 0.05) is 31.7 Å². The molecule has 0 aliphatic rings. The van der Waals surface area contributed by atoms with Crippen LogP contribution in [-0.4, -0.2) is 49.4 Å². The zero-order valence-electron chi connectivity index (χ0n) is 13.8. The highest BCUT2D eigenvalue weighted by atomic mass is 16.2. The summed E-state index contributed by atoms with van der Waals surface area (Å²) in [6, 6.07) is 7.77. The van der Waals surface area contributed by atoms with Crippen LogP contribution in [-0.2, 0) is 11.2 Å². The van der Waals surface area contributed by atoms with Gasteiger partial charge in [-0.25, -0.2) is 0 Å². The molecule has 1 aromatic carbocycles. The number of rotatable bonds is 8. The fraction of sp³-hybridized carbons (Fsp3) is 0.588. The monoisotopic (exact) mass is 291 g/mol. The van der Waals surface area contributed by atoms with Gasteiger partial charge in [0.1, 0.15) is 0 Å². The van der Waals surface area contributed by atoms with E-state index < -0.39 is 0 Å². The van der Waals surface area contributed by atoms with Crippen molar-refractivity contribution in [2.24, 2.45) is 5.92 Å². The third kappa shape index (κ3) is 7.14. The van der Waals surface area contributed by atoms with Gasteiger partial charge in [-0.1, -0.05) is 26.0 Å². The Morgan fingerprint density at radius 1 is 1.24 bits per heavy atom. The van der Waals surface area contributed by atoms with Crippen molar-refractivity contribution in [1.29, 1.82) is 0 Å². The van der Waals surface area contributed by atoms with Gasteiger partial charge in [0.05, 0.1) is 0 Å². The van der Waals surface area contributed by atoms with Crippen LogP contribution in [0.1, 0.15) is 25.8 Å². The highest BCUT2D eigenvalue weighted by molar-refractivity contribution is 5.76. The third-order valence-corrected chi connectivity index (χ3v) is 3.33. The van der Waals surface area contributed by atoms with Crippen molar-refractivity contribution in [3.63, 3.8) is 0 Å². The first-order chi connectivity index (χ1) is 9.88. The maximum absolute atomic E-state index is 12.4. The molecule has 1 aromatic rings. The minimum absolute atomic E-state index is 0.230. The van der Waals surface area contributed by atoms with Gasteiger partial charge in [-0.2, -0.15) is 0 Å². The summed E-state index contributed by atoms with van der Waals surface area (Å²) in [6.45, 7) is 6.81. The molecule has 4 heteroatoms. The second-order valence-electron chi connectivity index (χ2n) is 6.28. The Balaban J connectivity index is 2.54. The van der Waals surface area contributed by atoms with E-state index in [0.29, 0.717) is 12.3 Å². The van der Waals surface area contributed by atoms with Crippen molar-refractivity contribution in [3.05, 3.63) is 29.8 Å². The number of carbonyl (C=O) groups excluding carboxylic acids is 1. The van der Waals surface area contributed by atoms with E-state index >= 15 is 0 Å². The van der Waals surface area contributed by atoms with E-state index in [1.807, 2.05) is 43.3 Å². The van der Waals surface area contributed by atoms with Crippen molar-refractivity contribution < 1.29 is 4.79 Å². The number of carbonyl (C=O) groups is 1. The van der Waals surface area contributed by atoms with E-state index in [-0.39, 0.29) is 5.91 Å². The molecule has 0 spiro atoms. The second-order valence-corrected chi connectivity index (χ2v) is 6.28. The Bertz CT molecular complexity index is 443. The van der Waals surface area contributed by atoms with Crippen molar-refractivity contribution in [1.82, 2.24) is 9.80 Å². The largest absolute Gasteiger partial charge is 0.399 e. The summed E-state index contributed by atoms with van der Waals surface area (Å²) in [5, 5.41) is 0. The molecular weight excluding hydrogens is 262 g/mol. The molecule has 1 rings (SSSR count). The van der Waals surface area contributed by atoms with Crippen LogP contribution in [0.5, 0.6) is 0 Å². The molecule has 0 bridgehead atoms. The van der Waals surface area contributed by atoms with Crippen molar-refractivity contribution >= 4 is 11.6 Å². The molecular formula is C17H29N3O. The Morgan fingerprint density at radius 3 is 2.52 bits per heavy atom. The SMILES string of the molecule is CC(C)CN(CCN(C)C)C(=O)CCc1cccc(N)c1. The number of hydrogen-bond acceptors (Lipinski definition) is 3. The highest BCUT2D eigenvalue weighted by Crippen LogP contribution is 2.10. The smallest absolute Gasteiger partial charge is 0.222 e. The number of amides is 1. The number of benzene rings is 1. The summed E-state index contributed by atoms with van der Waals surface area (Å²) in [6.07, 6.45) is 1.30. The van der Waals surface area contributed by atoms with E-state index in [0.717, 1.165) is 37.3 Å². The molecule has 0 aliphatic heterocycles. The number of nitrogens with zero attached hydrogens (tertiary/aromatic N) is 2. The Morgan fingerprint density at radius 2 is 1.95 bits per heavy atom. The van der Waals surface area contributed by atoms with Crippen LogP contribution in [0.25, 0.3) is 0 Å². The van der Waals surface area contributed by atoms with Crippen LogP contribution in [0.15, 0.2) is 24.3 Å². The molecule has 118 valence electrons. The van der Waals surface area contributed by atoms with Crippen molar-refractivity contribution in [2.75, 3.05) is 39.5 Å². The lowest BCUT2D eigenvalue weighted by atomic mass is 10.1. The van der Waals surface area contributed by atoms with E-state index in [9.17, 15) is 4.79 Å². The molecule has 0 unspecified atom stereocenters. The van der Waals surface area contributed by atoms with Gasteiger partial charge in [-0.3, -0.25) is 4.79 Å². The lowest BCUT2D eigenvalue weighted by Crippen LogP contribution is -2.39. The summed E-state index contributed by atoms with van der Waals surface area (Å²) >= 11 is 0. The Kier molecular flexibility index (Phi) is 7.23. The van der Waals surface area contributed by atoms with Crippen LogP contribution in [0, 0.1) is 5.92 Å². The van der Waals surface area contributed by atoms with Crippen LogP contribution in [0.2, 0.25) is 0 Å². The van der Waals surface area contributed by atoms with Gasteiger partial charge in [0.15, 0.2) is 0 Å². The van der Waals surface area contributed by atoms with E-state index in [4.69, 9.17) is 5.73 Å². The summed E-state index contributed by atoms with van der Waals surface area (Å²) < 4.78 is 0. The minimum atomic E-state index is 0.230. The lowest BCUT2D eigenvalue weighted by Gasteiger charge is -2.26. The van der Waals surface area contributed by atoms with Crippen molar-refractivity contribution in [3.8, 4) is 0 Å². The van der Waals surface area contributed by atoms with Crippen molar-refractivity contribution in [2.45, 2.75) is 26.7 Å². The van der Waals surface area contributed by atoms with Gasteiger partial charge in [0.2, 0.25) is 5.91 Å². The van der Waals surface area contributed by atoms with Gasteiger partial charge < -0.3 is 15.5 Å².